The number of hydrogen-bond acceptors (Lipinski definition) is 5. The number of carbonyl (C=O) groups is 1. The lowest BCUT2D eigenvalue weighted by atomic mass is 9.85. The smallest absolute Gasteiger partial charge is 0.333 e. The number of halogens is 1. The van der Waals surface area contributed by atoms with E-state index in [4.69, 9.17) is 4.42 Å². The second-order valence-electron chi connectivity index (χ2n) is 8.86. The highest BCUT2D eigenvalue weighted by molar-refractivity contribution is 7.89. The maximum absolute atomic E-state index is 14.1. The van der Waals surface area contributed by atoms with Crippen LogP contribution in [-0.2, 0) is 22.0 Å². The lowest BCUT2D eigenvalue weighted by molar-refractivity contribution is 0.0362. The fraction of sp³-hybridized carbons (Fsp3) is 0.500. The van der Waals surface area contributed by atoms with Crippen LogP contribution < -0.4 is 10.0 Å². The molecule has 0 bridgehead atoms. The molecule has 1 aliphatic carbocycles. The molecule has 0 saturated carbocycles. The Balaban J connectivity index is 1.89. The van der Waals surface area contributed by atoms with Crippen LogP contribution in [-0.4, -0.2) is 19.6 Å². The summed E-state index contributed by atoms with van der Waals surface area (Å²) in [4.78, 5) is 12.6. The van der Waals surface area contributed by atoms with E-state index < -0.39 is 32.6 Å². The standard InChI is InChI=1S/C22H29FN2O5S/c1-12(2)15-9-14(23)10-16(13(3)4)20(15)24-21(26)25-31(28,29)19-11-17-18(30-19)7-6-8-22(17,5)27/h9-13,27H,6-8H2,1-5H3,(H2,24,25,26). The zero-order valence-electron chi connectivity index (χ0n) is 18.4. The molecule has 9 heteroatoms. The summed E-state index contributed by atoms with van der Waals surface area (Å²) in [6, 6.07) is 2.96. The Hall–Kier alpha value is -2.39. The predicted molar refractivity (Wildman–Crippen MR) is 115 cm³/mol. The van der Waals surface area contributed by atoms with Gasteiger partial charge in [-0.25, -0.2) is 13.9 Å². The summed E-state index contributed by atoms with van der Waals surface area (Å²) in [5.74, 6) is -0.211. The molecule has 170 valence electrons. The topological polar surface area (TPSA) is 109 Å². The molecule has 0 aliphatic heterocycles. The van der Waals surface area contributed by atoms with Gasteiger partial charge in [0, 0.05) is 23.7 Å². The van der Waals surface area contributed by atoms with Crippen molar-refractivity contribution in [2.24, 2.45) is 0 Å². The van der Waals surface area contributed by atoms with Gasteiger partial charge in [0.05, 0.1) is 5.60 Å². The van der Waals surface area contributed by atoms with Crippen LogP contribution >= 0.6 is 0 Å². The number of furan rings is 1. The molecule has 0 saturated heterocycles. The summed E-state index contributed by atoms with van der Waals surface area (Å²) >= 11 is 0. The van der Waals surface area contributed by atoms with Gasteiger partial charge in [-0.3, -0.25) is 0 Å². The van der Waals surface area contributed by atoms with E-state index in [0.717, 1.165) is 0 Å². The average molecular weight is 453 g/mol. The van der Waals surface area contributed by atoms with E-state index >= 15 is 0 Å². The summed E-state index contributed by atoms with van der Waals surface area (Å²) in [5.41, 5.74) is 0.768. The molecule has 0 radical (unpaired) electrons. The first-order chi connectivity index (χ1) is 14.3. The maximum Gasteiger partial charge on any atom is 0.333 e. The number of aryl methyl sites for hydroxylation is 1. The van der Waals surface area contributed by atoms with Crippen molar-refractivity contribution >= 4 is 21.7 Å². The number of carbonyl (C=O) groups excluding carboxylic acids is 1. The van der Waals surface area contributed by atoms with Crippen LogP contribution in [0.1, 0.15) is 81.7 Å². The van der Waals surface area contributed by atoms with Gasteiger partial charge in [0.15, 0.2) is 0 Å². The molecule has 3 N–H and O–H groups in total. The Kier molecular flexibility index (Phi) is 6.21. The fourth-order valence-electron chi connectivity index (χ4n) is 3.92. The summed E-state index contributed by atoms with van der Waals surface area (Å²) < 4.78 is 47.0. The molecule has 2 amide bonds. The third-order valence-electron chi connectivity index (χ3n) is 5.57. The van der Waals surface area contributed by atoms with Gasteiger partial charge >= 0.3 is 6.03 Å². The molecular formula is C22H29FN2O5S. The zero-order chi connectivity index (χ0) is 23.1. The van der Waals surface area contributed by atoms with E-state index in [-0.39, 0.29) is 11.8 Å². The largest absolute Gasteiger partial charge is 0.447 e. The Labute approximate surface area is 182 Å². The normalized spacial score (nSPS) is 18.9. The molecule has 1 atom stereocenters. The number of benzene rings is 1. The minimum Gasteiger partial charge on any atom is -0.447 e. The van der Waals surface area contributed by atoms with Crippen molar-refractivity contribution in [3.05, 3.63) is 46.5 Å². The molecule has 1 aliphatic rings. The molecule has 2 aromatic rings. The lowest BCUT2D eigenvalue weighted by Gasteiger charge is -2.26. The van der Waals surface area contributed by atoms with E-state index in [1.165, 1.54) is 18.2 Å². The zero-order valence-corrected chi connectivity index (χ0v) is 19.2. The van der Waals surface area contributed by atoms with E-state index in [0.29, 0.717) is 47.4 Å². The van der Waals surface area contributed by atoms with Gasteiger partial charge in [-0.15, -0.1) is 0 Å². The van der Waals surface area contributed by atoms with Gasteiger partial charge in [0.1, 0.15) is 11.6 Å². The van der Waals surface area contributed by atoms with Crippen LogP contribution in [0.25, 0.3) is 0 Å². The van der Waals surface area contributed by atoms with Crippen LogP contribution in [0.2, 0.25) is 0 Å². The molecule has 3 rings (SSSR count). The predicted octanol–water partition coefficient (Wildman–Crippen LogP) is 4.72. The van der Waals surface area contributed by atoms with Crippen molar-refractivity contribution in [2.75, 3.05) is 5.32 Å². The van der Waals surface area contributed by atoms with E-state index in [2.05, 4.69) is 5.32 Å². The fourth-order valence-corrected chi connectivity index (χ4v) is 4.80. The number of hydrogen-bond donors (Lipinski definition) is 3. The number of nitrogens with one attached hydrogen (secondary N) is 2. The minimum atomic E-state index is -4.31. The maximum atomic E-state index is 14.1. The minimum absolute atomic E-state index is 0.0980. The summed E-state index contributed by atoms with van der Waals surface area (Å²) in [6.45, 7) is 9.04. The van der Waals surface area contributed by atoms with Gasteiger partial charge in [-0.1, -0.05) is 27.7 Å². The van der Waals surface area contributed by atoms with Crippen molar-refractivity contribution in [3.8, 4) is 0 Å². The molecule has 7 nitrogen and oxygen atoms in total. The molecule has 1 heterocycles. The number of aliphatic hydroxyl groups is 1. The highest BCUT2D eigenvalue weighted by Crippen LogP contribution is 2.38. The SMILES string of the molecule is CC(C)c1cc(F)cc(C(C)C)c1NC(=O)NS(=O)(=O)c1cc2c(o1)CCCC2(C)O. The van der Waals surface area contributed by atoms with Gasteiger partial charge in [-0.2, -0.15) is 8.42 Å². The Bertz CT molecular complexity index is 1070. The monoisotopic (exact) mass is 452 g/mol. The third kappa shape index (κ3) is 4.77. The van der Waals surface area contributed by atoms with Crippen LogP contribution in [0, 0.1) is 5.82 Å². The van der Waals surface area contributed by atoms with Crippen molar-refractivity contribution < 1.29 is 27.1 Å². The lowest BCUT2D eigenvalue weighted by Crippen LogP contribution is -2.35. The summed E-state index contributed by atoms with van der Waals surface area (Å²) in [7, 11) is -4.31. The molecule has 0 spiro atoms. The second-order valence-corrected chi connectivity index (χ2v) is 10.5. The van der Waals surface area contributed by atoms with Crippen molar-refractivity contribution in [1.29, 1.82) is 0 Å². The first-order valence-corrected chi connectivity index (χ1v) is 11.8. The Morgan fingerprint density at radius 2 is 1.74 bits per heavy atom. The number of anilines is 1. The van der Waals surface area contributed by atoms with Crippen LogP contribution in [0.15, 0.2) is 27.7 Å². The quantitative estimate of drug-likeness (QED) is 0.608. The van der Waals surface area contributed by atoms with Gasteiger partial charge in [0.2, 0.25) is 5.09 Å². The van der Waals surface area contributed by atoms with Crippen LogP contribution in [0.5, 0.6) is 0 Å². The van der Waals surface area contributed by atoms with E-state index in [1.807, 2.05) is 32.4 Å². The first-order valence-electron chi connectivity index (χ1n) is 10.3. The van der Waals surface area contributed by atoms with E-state index in [9.17, 15) is 22.7 Å². The number of rotatable bonds is 5. The third-order valence-corrected chi connectivity index (χ3v) is 6.76. The Morgan fingerprint density at radius 3 is 2.26 bits per heavy atom. The first kappa shape index (κ1) is 23.3. The van der Waals surface area contributed by atoms with E-state index in [1.54, 1.807) is 6.92 Å². The van der Waals surface area contributed by atoms with Crippen molar-refractivity contribution in [1.82, 2.24) is 4.72 Å². The number of urea groups is 1. The molecular weight excluding hydrogens is 423 g/mol. The molecule has 1 aromatic carbocycles. The summed E-state index contributed by atoms with van der Waals surface area (Å²) in [6.07, 6.45) is 1.67. The van der Waals surface area contributed by atoms with Gasteiger partial charge in [0.25, 0.3) is 10.0 Å². The number of amides is 2. The van der Waals surface area contributed by atoms with Crippen LogP contribution in [0.3, 0.4) is 0 Å². The molecule has 1 unspecified atom stereocenters. The molecule has 31 heavy (non-hydrogen) atoms. The molecule has 1 aromatic heterocycles. The van der Waals surface area contributed by atoms with Crippen molar-refractivity contribution in [2.45, 2.75) is 76.4 Å². The van der Waals surface area contributed by atoms with Gasteiger partial charge in [-0.05, 0) is 54.9 Å². The average Bonchev–Trinajstić information content (AvgIpc) is 3.08. The highest BCUT2D eigenvalue weighted by Gasteiger charge is 2.35. The number of sulfonamides is 1. The second kappa shape index (κ2) is 8.27. The van der Waals surface area contributed by atoms with Crippen LogP contribution in [0.4, 0.5) is 14.9 Å². The Morgan fingerprint density at radius 1 is 1.16 bits per heavy atom. The summed E-state index contributed by atoms with van der Waals surface area (Å²) in [5, 5.41) is 12.6. The van der Waals surface area contributed by atoms with Gasteiger partial charge < -0.3 is 14.8 Å². The van der Waals surface area contributed by atoms with Crippen molar-refractivity contribution in [3.63, 3.8) is 0 Å². The number of fused-ring (bicyclic) bond motifs is 1. The molecule has 0 fully saturated rings. The highest BCUT2D eigenvalue weighted by atomic mass is 32.2.